The molecule has 11 nitrogen and oxygen atoms in total. The fourth-order valence-electron chi connectivity index (χ4n) is 12.1. The first-order chi connectivity index (χ1) is 32.2. The molecule has 334 valence electrons. The van der Waals surface area contributed by atoms with Crippen molar-refractivity contribution in [1.29, 1.82) is 0 Å². The number of fused-ring (bicyclic) bond motifs is 14. The number of rotatable bonds is 4. The van der Waals surface area contributed by atoms with Gasteiger partial charge in [0.05, 0.1) is 22.5 Å². The van der Waals surface area contributed by atoms with Crippen molar-refractivity contribution in [2.45, 2.75) is 50.9 Å². The van der Waals surface area contributed by atoms with Gasteiger partial charge in [-0.3, -0.25) is 0 Å². The molecular weight excluding hydrogens is 857 g/mol. The molecule has 0 saturated carbocycles. The van der Waals surface area contributed by atoms with Crippen LogP contribution in [0.25, 0.3) is 39.0 Å². The van der Waals surface area contributed by atoms with Crippen LogP contribution in [0.2, 0.25) is 0 Å². The molecule has 0 saturated heterocycles. The van der Waals surface area contributed by atoms with Gasteiger partial charge >= 0.3 is 0 Å². The lowest BCUT2D eigenvalue weighted by Crippen LogP contribution is -2.26. The number of benzene rings is 7. The Morgan fingerprint density at radius 2 is 1.13 bits per heavy atom. The van der Waals surface area contributed by atoms with Crippen molar-refractivity contribution < 1.29 is 51.1 Å². The summed E-state index contributed by atoms with van der Waals surface area (Å²) in [6.07, 6.45) is 9.30. The minimum Gasteiger partial charge on any atom is -0.508 e. The number of hydrogen-bond donors (Lipinski definition) is 10. The second kappa shape index (κ2) is 13.5. The van der Waals surface area contributed by atoms with E-state index in [4.69, 9.17) is 14.3 Å². The largest absolute Gasteiger partial charge is 0.508 e. The van der Waals surface area contributed by atoms with Gasteiger partial charge in [-0.25, -0.2) is 0 Å². The van der Waals surface area contributed by atoms with E-state index in [1.165, 1.54) is 24.3 Å². The molecule has 4 aliphatic rings. The molecule has 0 unspecified atom stereocenters. The quantitative estimate of drug-likeness (QED) is 0.0457. The lowest BCUT2D eigenvalue weighted by Gasteiger charge is -2.34. The monoisotopic (exact) mass is 899 g/mol. The van der Waals surface area contributed by atoms with Gasteiger partial charge in [0, 0.05) is 50.8 Å². The fraction of sp³-hybridized carbons (Fsp3) is 0.143. The topological polar surface area (TPSA) is 206 Å². The minimum atomic E-state index is -1.66. The van der Waals surface area contributed by atoms with Gasteiger partial charge in [-0.2, -0.15) is 0 Å². The van der Waals surface area contributed by atoms with Gasteiger partial charge in [0.1, 0.15) is 30.8 Å². The normalized spacial score (nSPS) is 15.7. The number of aromatic hydroxyl groups is 10. The fourth-order valence-corrected chi connectivity index (χ4v) is 12.1. The average molecular weight is 900 g/mol. The van der Waals surface area contributed by atoms with Gasteiger partial charge in [-0.1, -0.05) is 70.0 Å². The average Bonchev–Trinajstić information content (AvgIpc) is 3.90. The van der Waals surface area contributed by atoms with Crippen LogP contribution in [0.5, 0.6) is 57.5 Å². The summed E-state index contributed by atoms with van der Waals surface area (Å²) < 4.78 is 0. The van der Waals surface area contributed by atoms with Crippen LogP contribution in [0.3, 0.4) is 0 Å². The molecule has 4 aliphatic carbocycles. The maximum Gasteiger partial charge on any atom is 0.200 e. The number of allylic oxidation sites excluding steroid dienone is 4. The lowest BCUT2D eigenvalue weighted by atomic mass is 9.70. The smallest absolute Gasteiger partial charge is 0.200 e. The molecule has 0 amide bonds. The Labute approximate surface area is 391 Å². The SMILES string of the molecule is [B]c1c(O)cc(O)c2c1-c1cc(O)c(N(c3cccc4c3C(C)=C(/C=C\C#C)C4(C)C)c3cc(O)cc4c3-c3ccccc3C43c4cc(O)c(O)c(O)c4-c4c3cc(O)c(O)c4O)cc1C2(C)C. The molecule has 0 fully saturated rings. The summed E-state index contributed by atoms with van der Waals surface area (Å²) in [6.45, 7) is 10.0. The van der Waals surface area contributed by atoms with Gasteiger partial charge in [-0.05, 0) is 122 Å². The zero-order chi connectivity index (χ0) is 48.4. The van der Waals surface area contributed by atoms with Crippen LogP contribution < -0.4 is 10.4 Å². The summed E-state index contributed by atoms with van der Waals surface area (Å²) in [5.41, 5.74) is 5.63. The maximum absolute atomic E-state index is 12.7. The standard InChI is InChI=1S/C56H42BNO10/c1-7-8-13-28-24(2)43-30(54(28,3)4)15-11-16-35(43)58(36-20-31-27(19-38(36)60)45-48(55(31,5)6)39(61)23-40(62)49(45)57)37-18-25(59)17-32-44(37)26-12-9-10-14-29(26)56(32)33-21-41(63)50(65)52(67)46(33)47-34(56)22-42(64)51(66)53(47)68/h1,8-23,59-68H,2-6H3/b13-8-. The summed E-state index contributed by atoms with van der Waals surface area (Å²) in [4.78, 5) is 1.85. The summed E-state index contributed by atoms with van der Waals surface area (Å²) in [6, 6.07) is 23.3. The Balaban J connectivity index is 1.30. The molecule has 10 N–H and O–H groups in total. The minimum absolute atomic E-state index is 0.0330. The summed E-state index contributed by atoms with van der Waals surface area (Å²) >= 11 is 0. The second-order valence-electron chi connectivity index (χ2n) is 19.0. The Bertz CT molecular complexity index is 3570. The first kappa shape index (κ1) is 42.1. The van der Waals surface area contributed by atoms with Gasteiger partial charge in [-0.15, -0.1) is 6.42 Å². The molecule has 0 aromatic heterocycles. The number of hydrogen-bond acceptors (Lipinski definition) is 11. The van der Waals surface area contributed by atoms with Crippen molar-refractivity contribution in [3.05, 3.63) is 147 Å². The maximum atomic E-state index is 12.7. The van der Waals surface area contributed by atoms with Crippen LogP contribution in [0.15, 0.2) is 103 Å². The van der Waals surface area contributed by atoms with Crippen LogP contribution >= 0.6 is 0 Å². The van der Waals surface area contributed by atoms with E-state index in [2.05, 4.69) is 19.8 Å². The Morgan fingerprint density at radius 1 is 0.515 bits per heavy atom. The van der Waals surface area contributed by atoms with Gasteiger partial charge in [0.25, 0.3) is 0 Å². The zero-order valence-corrected chi connectivity index (χ0v) is 37.3. The highest BCUT2D eigenvalue weighted by Crippen LogP contribution is 2.71. The summed E-state index contributed by atoms with van der Waals surface area (Å²) in [5.74, 6) is -3.11. The number of phenols is 10. The molecule has 0 atom stereocenters. The van der Waals surface area contributed by atoms with E-state index in [0.717, 1.165) is 22.3 Å². The molecule has 11 rings (SSSR count). The molecule has 0 heterocycles. The molecule has 12 heteroatoms. The molecule has 0 bridgehead atoms. The number of anilines is 3. The van der Waals surface area contributed by atoms with Crippen LogP contribution in [-0.2, 0) is 16.2 Å². The highest BCUT2D eigenvalue weighted by atomic mass is 16.3. The Kier molecular flexibility index (Phi) is 8.37. The number of phenolic OH excluding ortho intramolecular Hbond substituents is 10. The third-order valence-corrected chi connectivity index (χ3v) is 14.9. The van der Waals surface area contributed by atoms with Gasteiger partial charge in [0.15, 0.2) is 23.0 Å². The van der Waals surface area contributed by atoms with Crippen molar-refractivity contribution >= 4 is 35.9 Å². The van der Waals surface area contributed by atoms with Crippen LogP contribution in [0.1, 0.15) is 79.1 Å². The molecule has 2 radical (unpaired) electrons. The highest BCUT2D eigenvalue weighted by Gasteiger charge is 2.56. The van der Waals surface area contributed by atoms with E-state index < -0.39 is 50.7 Å². The number of nitrogens with zero attached hydrogens (tertiary/aromatic N) is 1. The van der Waals surface area contributed by atoms with Crippen LogP contribution in [-0.4, -0.2) is 58.9 Å². The molecule has 68 heavy (non-hydrogen) atoms. The third-order valence-electron chi connectivity index (χ3n) is 14.9. The van der Waals surface area contributed by atoms with E-state index in [1.807, 2.05) is 68.1 Å². The van der Waals surface area contributed by atoms with Gasteiger partial charge in [0.2, 0.25) is 11.5 Å². The molecule has 7 aromatic carbocycles. The first-order valence-electron chi connectivity index (χ1n) is 21.8. The lowest BCUT2D eigenvalue weighted by molar-refractivity contribution is 0.365. The third kappa shape index (κ3) is 4.94. The second-order valence-corrected chi connectivity index (χ2v) is 19.0. The molecule has 1 spiro atoms. The zero-order valence-electron chi connectivity index (χ0n) is 37.3. The van der Waals surface area contributed by atoms with Crippen molar-refractivity contribution in [3.8, 4) is 103 Å². The van der Waals surface area contributed by atoms with Crippen molar-refractivity contribution in [1.82, 2.24) is 0 Å². The summed E-state index contributed by atoms with van der Waals surface area (Å²) in [7, 11) is 6.53. The van der Waals surface area contributed by atoms with E-state index in [1.54, 1.807) is 30.3 Å². The van der Waals surface area contributed by atoms with E-state index in [0.29, 0.717) is 55.9 Å². The summed E-state index contributed by atoms with van der Waals surface area (Å²) in [5, 5.41) is 115. The predicted octanol–water partition coefficient (Wildman–Crippen LogP) is 9.91. The first-order valence-corrected chi connectivity index (χ1v) is 21.8. The van der Waals surface area contributed by atoms with Crippen LogP contribution in [0, 0.1) is 12.3 Å². The van der Waals surface area contributed by atoms with Crippen molar-refractivity contribution in [2.75, 3.05) is 4.90 Å². The number of terminal acetylenes is 1. The van der Waals surface area contributed by atoms with Crippen molar-refractivity contribution in [2.24, 2.45) is 0 Å². The molecule has 7 aromatic rings. The van der Waals surface area contributed by atoms with E-state index in [-0.39, 0.29) is 56.4 Å². The Morgan fingerprint density at radius 3 is 1.78 bits per heavy atom. The van der Waals surface area contributed by atoms with Crippen LogP contribution in [0.4, 0.5) is 17.1 Å². The molecule has 0 aliphatic heterocycles. The Hall–Kier alpha value is -8.56. The predicted molar refractivity (Wildman–Crippen MR) is 261 cm³/mol. The van der Waals surface area contributed by atoms with Crippen molar-refractivity contribution in [3.63, 3.8) is 0 Å². The van der Waals surface area contributed by atoms with E-state index >= 15 is 0 Å². The van der Waals surface area contributed by atoms with Gasteiger partial charge < -0.3 is 56.0 Å². The molecular formula is C56H42BNO10. The highest BCUT2D eigenvalue weighted by molar-refractivity contribution is 6.38. The van der Waals surface area contributed by atoms with E-state index in [9.17, 15) is 51.1 Å².